The van der Waals surface area contributed by atoms with Crippen molar-refractivity contribution in [1.82, 2.24) is 9.78 Å². The first kappa shape index (κ1) is 17.3. The van der Waals surface area contributed by atoms with Crippen molar-refractivity contribution in [3.63, 3.8) is 0 Å². The van der Waals surface area contributed by atoms with E-state index in [9.17, 15) is 9.59 Å². The zero-order valence-electron chi connectivity index (χ0n) is 15.3. The summed E-state index contributed by atoms with van der Waals surface area (Å²) in [5.41, 5.74) is 3.97. The van der Waals surface area contributed by atoms with Crippen molar-refractivity contribution in [3.05, 3.63) is 47.0 Å². The third-order valence-electron chi connectivity index (χ3n) is 5.01. The van der Waals surface area contributed by atoms with E-state index in [0.29, 0.717) is 16.7 Å². The van der Waals surface area contributed by atoms with Crippen LogP contribution in [0, 0.1) is 19.8 Å². The standard InChI is InChI=1S/C20H21N3O4/c1-11-16(12(2)23(22-11)10-13-3-4-13)9-19(24)21-15-5-6-17-14(7-15)8-18(27-17)20(25)26/h5-8,13H,3-4,9-10H2,1-2H3,(H,21,24)(H,25,26). The van der Waals surface area contributed by atoms with Crippen LogP contribution >= 0.6 is 0 Å². The van der Waals surface area contributed by atoms with Crippen LogP contribution < -0.4 is 5.32 Å². The minimum Gasteiger partial charge on any atom is -0.475 e. The third-order valence-corrected chi connectivity index (χ3v) is 5.01. The average Bonchev–Trinajstić information content (AvgIpc) is 3.26. The molecule has 0 atom stereocenters. The minimum absolute atomic E-state index is 0.122. The van der Waals surface area contributed by atoms with Crippen molar-refractivity contribution in [2.45, 2.75) is 39.7 Å². The zero-order valence-corrected chi connectivity index (χ0v) is 15.3. The number of aromatic carboxylic acids is 1. The van der Waals surface area contributed by atoms with Gasteiger partial charge in [0.15, 0.2) is 0 Å². The first-order valence-corrected chi connectivity index (χ1v) is 9.00. The van der Waals surface area contributed by atoms with Gasteiger partial charge in [-0.2, -0.15) is 5.10 Å². The molecule has 7 heteroatoms. The largest absolute Gasteiger partial charge is 0.475 e. The summed E-state index contributed by atoms with van der Waals surface area (Å²) < 4.78 is 7.25. The molecule has 2 heterocycles. The Bertz CT molecular complexity index is 1040. The van der Waals surface area contributed by atoms with Crippen molar-refractivity contribution in [3.8, 4) is 0 Å². The Morgan fingerprint density at radius 1 is 1.30 bits per heavy atom. The number of fused-ring (bicyclic) bond motifs is 1. The highest BCUT2D eigenvalue weighted by Gasteiger charge is 2.24. The molecule has 2 aromatic heterocycles. The van der Waals surface area contributed by atoms with E-state index >= 15 is 0 Å². The van der Waals surface area contributed by atoms with Crippen LogP contribution in [0.25, 0.3) is 11.0 Å². The molecular formula is C20H21N3O4. The Morgan fingerprint density at radius 2 is 2.07 bits per heavy atom. The maximum Gasteiger partial charge on any atom is 0.371 e. The Morgan fingerprint density at radius 3 is 2.78 bits per heavy atom. The van der Waals surface area contributed by atoms with E-state index in [0.717, 1.165) is 29.4 Å². The van der Waals surface area contributed by atoms with Gasteiger partial charge in [0.05, 0.1) is 12.1 Å². The number of nitrogens with zero attached hydrogens (tertiary/aromatic N) is 2. The summed E-state index contributed by atoms with van der Waals surface area (Å²) in [6.07, 6.45) is 2.77. The van der Waals surface area contributed by atoms with E-state index in [4.69, 9.17) is 9.52 Å². The number of anilines is 1. The first-order chi connectivity index (χ1) is 12.9. The Hall–Kier alpha value is -3.09. The van der Waals surface area contributed by atoms with Crippen LogP contribution in [0.2, 0.25) is 0 Å². The number of carbonyl (C=O) groups excluding carboxylic acids is 1. The summed E-state index contributed by atoms with van der Waals surface area (Å²) in [7, 11) is 0. The number of hydrogen-bond donors (Lipinski definition) is 2. The Kier molecular flexibility index (Phi) is 4.22. The van der Waals surface area contributed by atoms with Crippen molar-refractivity contribution in [2.24, 2.45) is 5.92 Å². The van der Waals surface area contributed by atoms with Crippen molar-refractivity contribution >= 4 is 28.5 Å². The number of carboxylic acids is 1. The predicted octanol–water partition coefficient (Wildman–Crippen LogP) is 3.54. The second kappa shape index (κ2) is 6.57. The van der Waals surface area contributed by atoms with Crippen molar-refractivity contribution in [2.75, 3.05) is 5.32 Å². The number of furan rings is 1. The number of carbonyl (C=O) groups is 2. The molecule has 0 radical (unpaired) electrons. The molecule has 3 aromatic rings. The van der Waals surface area contributed by atoms with Crippen molar-refractivity contribution < 1.29 is 19.1 Å². The highest BCUT2D eigenvalue weighted by atomic mass is 16.4. The van der Waals surface area contributed by atoms with E-state index in [1.54, 1.807) is 18.2 Å². The molecule has 27 heavy (non-hydrogen) atoms. The maximum atomic E-state index is 12.5. The monoisotopic (exact) mass is 367 g/mol. The minimum atomic E-state index is -1.12. The lowest BCUT2D eigenvalue weighted by atomic mass is 10.1. The molecule has 0 aliphatic heterocycles. The van der Waals surface area contributed by atoms with Crippen LogP contribution in [-0.4, -0.2) is 26.8 Å². The van der Waals surface area contributed by atoms with Crippen LogP contribution in [0.3, 0.4) is 0 Å². The lowest BCUT2D eigenvalue weighted by molar-refractivity contribution is -0.115. The van der Waals surface area contributed by atoms with Gasteiger partial charge in [-0.1, -0.05) is 0 Å². The summed E-state index contributed by atoms with van der Waals surface area (Å²) in [6, 6.07) is 6.51. The number of amides is 1. The predicted molar refractivity (Wildman–Crippen MR) is 99.9 cm³/mol. The molecule has 1 aliphatic carbocycles. The van der Waals surface area contributed by atoms with Crippen LogP contribution in [0.15, 0.2) is 28.7 Å². The molecule has 2 N–H and O–H groups in total. The summed E-state index contributed by atoms with van der Waals surface area (Å²) in [5.74, 6) is -0.649. The highest BCUT2D eigenvalue weighted by molar-refractivity contribution is 5.96. The van der Waals surface area contributed by atoms with Crippen LogP contribution in [0.1, 0.15) is 40.3 Å². The molecule has 7 nitrogen and oxygen atoms in total. The summed E-state index contributed by atoms with van der Waals surface area (Å²) >= 11 is 0. The van der Waals surface area contributed by atoms with Crippen LogP contribution in [0.5, 0.6) is 0 Å². The lowest BCUT2D eigenvalue weighted by Crippen LogP contribution is -2.15. The SMILES string of the molecule is Cc1nn(CC2CC2)c(C)c1CC(=O)Nc1ccc2oc(C(=O)O)cc2c1. The number of rotatable bonds is 6. The second-order valence-electron chi connectivity index (χ2n) is 7.17. The maximum absolute atomic E-state index is 12.5. The normalized spacial score (nSPS) is 13.9. The number of benzene rings is 1. The number of nitrogens with one attached hydrogen (secondary N) is 1. The molecule has 140 valence electrons. The van der Waals surface area contributed by atoms with Gasteiger partial charge in [0.25, 0.3) is 0 Å². The number of carboxylic acid groups (broad SMARTS) is 1. The molecule has 1 aliphatic rings. The van der Waals surface area contributed by atoms with Crippen molar-refractivity contribution in [1.29, 1.82) is 0 Å². The van der Waals surface area contributed by atoms with Gasteiger partial charge in [0.2, 0.25) is 11.7 Å². The second-order valence-corrected chi connectivity index (χ2v) is 7.17. The lowest BCUT2D eigenvalue weighted by Gasteiger charge is -2.07. The molecule has 1 amide bonds. The smallest absolute Gasteiger partial charge is 0.371 e. The van der Waals surface area contributed by atoms with Gasteiger partial charge in [-0.05, 0) is 56.9 Å². The van der Waals surface area contributed by atoms with Gasteiger partial charge in [-0.25, -0.2) is 4.79 Å². The van der Waals surface area contributed by atoms with E-state index in [2.05, 4.69) is 10.4 Å². The van der Waals surface area contributed by atoms with Crippen LogP contribution in [-0.2, 0) is 17.8 Å². The van der Waals surface area contributed by atoms with E-state index in [1.165, 1.54) is 18.9 Å². The van der Waals surface area contributed by atoms with Gasteiger partial charge >= 0.3 is 5.97 Å². The fraction of sp³-hybridized carbons (Fsp3) is 0.350. The molecule has 4 rings (SSSR count). The number of hydrogen-bond acceptors (Lipinski definition) is 4. The Balaban J connectivity index is 1.48. The fourth-order valence-electron chi connectivity index (χ4n) is 3.30. The molecule has 0 bridgehead atoms. The molecule has 1 saturated carbocycles. The van der Waals surface area contributed by atoms with E-state index in [1.807, 2.05) is 18.5 Å². The number of aryl methyl sites for hydroxylation is 1. The average molecular weight is 367 g/mol. The zero-order chi connectivity index (χ0) is 19.1. The summed E-state index contributed by atoms with van der Waals surface area (Å²) in [6.45, 7) is 4.87. The third kappa shape index (κ3) is 3.58. The molecule has 0 unspecified atom stereocenters. The molecule has 1 fully saturated rings. The quantitative estimate of drug-likeness (QED) is 0.694. The van der Waals surface area contributed by atoms with Gasteiger partial charge in [-0.15, -0.1) is 0 Å². The van der Waals surface area contributed by atoms with Gasteiger partial charge in [0, 0.05) is 28.9 Å². The summed E-state index contributed by atoms with van der Waals surface area (Å²) in [5, 5.41) is 17.1. The summed E-state index contributed by atoms with van der Waals surface area (Å²) in [4.78, 5) is 23.5. The fourth-order valence-corrected chi connectivity index (χ4v) is 3.30. The van der Waals surface area contributed by atoms with Gasteiger partial charge in [-0.3, -0.25) is 9.48 Å². The topological polar surface area (TPSA) is 97.4 Å². The Labute approximate surface area is 156 Å². The van der Waals surface area contributed by atoms with Gasteiger partial charge < -0.3 is 14.8 Å². The molecule has 1 aromatic carbocycles. The highest BCUT2D eigenvalue weighted by Crippen LogP contribution is 2.31. The molecule has 0 spiro atoms. The van der Waals surface area contributed by atoms with Gasteiger partial charge in [0.1, 0.15) is 5.58 Å². The first-order valence-electron chi connectivity index (χ1n) is 9.00. The van der Waals surface area contributed by atoms with Crippen LogP contribution in [0.4, 0.5) is 5.69 Å². The molecule has 0 saturated heterocycles. The van der Waals surface area contributed by atoms with E-state index < -0.39 is 5.97 Å². The molecular weight excluding hydrogens is 346 g/mol. The van der Waals surface area contributed by atoms with E-state index in [-0.39, 0.29) is 18.1 Å². The number of aromatic nitrogens is 2.